The highest BCUT2D eigenvalue weighted by molar-refractivity contribution is 7.86. The van der Waals surface area contributed by atoms with E-state index in [0.29, 0.717) is 31.1 Å². The molecular weight excluding hydrogens is 344 g/mol. The van der Waals surface area contributed by atoms with Gasteiger partial charge in [0, 0.05) is 40.3 Å². The maximum absolute atomic E-state index is 12.5. The lowest BCUT2D eigenvalue weighted by Gasteiger charge is -2.35. The third-order valence-electron chi connectivity index (χ3n) is 3.90. The lowest BCUT2D eigenvalue weighted by Crippen LogP contribution is -2.53. The highest BCUT2D eigenvalue weighted by Crippen LogP contribution is 2.24. The number of benzene rings is 1. The summed E-state index contributed by atoms with van der Waals surface area (Å²) in [7, 11) is -0.433. The normalized spacial score (nSPS) is 16.1. The molecule has 1 fully saturated rings. The summed E-state index contributed by atoms with van der Waals surface area (Å²) in [6.45, 7) is 3.84. The van der Waals surface area contributed by atoms with E-state index in [1.807, 2.05) is 25.1 Å². The first-order chi connectivity index (χ1) is 11.9. The zero-order valence-electron chi connectivity index (χ0n) is 14.9. The van der Waals surface area contributed by atoms with Crippen molar-refractivity contribution in [1.82, 2.24) is 13.5 Å². The summed E-state index contributed by atoms with van der Waals surface area (Å²) in [6.07, 6.45) is 0.880. The first kappa shape index (κ1) is 19.5. The van der Waals surface area contributed by atoms with Gasteiger partial charge in [-0.3, -0.25) is 0 Å². The van der Waals surface area contributed by atoms with Crippen LogP contribution in [0.4, 0.5) is 10.5 Å². The second kappa shape index (κ2) is 8.50. The van der Waals surface area contributed by atoms with Crippen LogP contribution in [0.25, 0.3) is 0 Å². The van der Waals surface area contributed by atoms with Gasteiger partial charge in [0.25, 0.3) is 10.2 Å². The van der Waals surface area contributed by atoms with Gasteiger partial charge in [-0.2, -0.15) is 17.0 Å². The van der Waals surface area contributed by atoms with Crippen LogP contribution in [0.15, 0.2) is 24.3 Å². The van der Waals surface area contributed by atoms with Crippen LogP contribution < -0.4 is 10.1 Å². The molecule has 1 aromatic carbocycles. The summed E-state index contributed by atoms with van der Waals surface area (Å²) in [6, 6.07) is 7.03. The molecule has 0 aromatic heterocycles. The first-order valence-corrected chi connectivity index (χ1v) is 9.71. The monoisotopic (exact) mass is 370 g/mol. The Morgan fingerprint density at radius 1 is 1.20 bits per heavy atom. The molecule has 0 bridgehead atoms. The number of hydrogen-bond donors (Lipinski definition) is 1. The van der Waals surface area contributed by atoms with E-state index in [2.05, 4.69) is 5.32 Å². The Morgan fingerprint density at radius 2 is 1.84 bits per heavy atom. The number of para-hydroxylation sites is 2. The lowest BCUT2D eigenvalue weighted by molar-refractivity contribution is 0.182. The predicted molar refractivity (Wildman–Crippen MR) is 97.0 cm³/mol. The molecule has 0 radical (unpaired) electrons. The quantitative estimate of drug-likeness (QED) is 0.821. The van der Waals surface area contributed by atoms with Crippen molar-refractivity contribution in [3.8, 4) is 5.75 Å². The van der Waals surface area contributed by atoms with Crippen molar-refractivity contribution in [3.63, 3.8) is 0 Å². The molecule has 2 amide bonds. The maximum atomic E-state index is 12.5. The standard InChI is InChI=1S/C16H26N4O4S/c1-4-13-24-15-8-6-5-7-14(15)17-16(21)19-9-11-20(12-10-19)25(22,23)18(2)3/h5-8H,4,9-13H2,1-3H3,(H,17,21). The van der Waals surface area contributed by atoms with Crippen molar-refractivity contribution >= 4 is 21.9 Å². The van der Waals surface area contributed by atoms with Gasteiger partial charge in [0.15, 0.2) is 0 Å². The van der Waals surface area contributed by atoms with Crippen molar-refractivity contribution in [2.45, 2.75) is 13.3 Å². The number of carbonyl (C=O) groups excluding carboxylic acids is 1. The summed E-state index contributed by atoms with van der Waals surface area (Å²) < 4.78 is 32.4. The summed E-state index contributed by atoms with van der Waals surface area (Å²) >= 11 is 0. The molecule has 0 atom stereocenters. The van der Waals surface area contributed by atoms with Crippen molar-refractivity contribution in [2.24, 2.45) is 0 Å². The summed E-state index contributed by atoms with van der Waals surface area (Å²) in [5.41, 5.74) is 0.615. The number of rotatable bonds is 6. The van der Waals surface area contributed by atoms with Gasteiger partial charge < -0.3 is 15.0 Å². The van der Waals surface area contributed by atoms with Gasteiger partial charge in [-0.25, -0.2) is 4.79 Å². The fourth-order valence-corrected chi connectivity index (χ4v) is 3.54. The van der Waals surface area contributed by atoms with E-state index < -0.39 is 10.2 Å². The fourth-order valence-electron chi connectivity index (χ4n) is 2.45. The molecule has 8 nitrogen and oxygen atoms in total. The van der Waals surface area contributed by atoms with Crippen LogP contribution in [-0.4, -0.2) is 74.8 Å². The summed E-state index contributed by atoms with van der Waals surface area (Å²) in [5, 5.41) is 2.85. The molecule has 1 aliphatic heterocycles. The van der Waals surface area contributed by atoms with Crippen molar-refractivity contribution in [3.05, 3.63) is 24.3 Å². The molecule has 1 saturated heterocycles. The number of urea groups is 1. The third-order valence-corrected chi connectivity index (χ3v) is 5.84. The number of carbonyl (C=O) groups is 1. The highest BCUT2D eigenvalue weighted by Gasteiger charge is 2.30. The maximum Gasteiger partial charge on any atom is 0.322 e. The molecule has 1 heterocycles. The van der Waals surface area contributed by atoms with Crippen LogP contribution in [0.2, 0.25) is 0 Å². The van der Waals surface area contributed by atoms with Gasteiger partial charge in [0.2, 0.25) is 0 Å². The highest BCUT2D eigenvalue weighted by atomic mass is 32.2. The molecule has 1 aliphatic rings. The average Bonchev–Trinajstić information content (AvgIpc) is 2.61. The van der Waals surface area contributed by atoms with E-state index in [0.717, 1.165) is 6.42 Å². The number of anilines is 1. The second-order valence-electron chi connectivity index (χ2n) is 5.95. The zero-order valence-corrected chi connectivity index (χ0v) is 15.8. The number of nitrogens with zero attached hydrogens (tertiary/aromatic N) is 3. The fraction of sp³-hybridized carbons (Fsp3) is 0.562. The zero-order chi connectivity index (χ0) is 18.4. The van der Waals surface area contributed by atoms with Gasteiger partial charge in [-0.05, 0) is 18.6 Å². The molecular formula is C16H26N4O4S. The minimum absolute atomic E-state index is 0.255. The number of nitrogens with one attached hydrogen (secondary N) is 1. The number of ether oxygens (including phenoxy) is 1. The Morgan fingerprint density at radius 3 is 2.44 bits per heavy atom. The van der Waals surface area contributed by atoms with Gasteiger partial charge in [0.05, 0.1) is 12.3 Å². The van der Waals surface area contributed by atoms with Crippen LogP contribution in [0, 0.1) is 0 Å². The number of amides is 2. The Kier molecular flexibility index (Phi) is 6.63. The van der Waals surface area contributed by atoms with E-state index in [9.17, 15) is 13.2 Å². The number of piperazine rings is 1. The van der Waals surface area contributed by atoms with E-state index >= 15 is 0 Å². The Bertz CT molecular complexity index is 685. The Balaban J connectivity index is 1.96. The molecule has 2 rings (SSSR count). The SMILES string of the molecule is CCCOc1ccccc1NC(=O)N1CCN(S(=O)(=O)N(C)C)CC1. The van der Waals surface area contributed by atoms with Crippen LogP contribution in [0.5, 0.6) is 5.75 Å². The predicted octanol–water partition coefficient (Wildman–Crippen LogP) is 1.43. The van der Waals surface area contributed by atoms with Crippen molar-refractivity contribution in [2.75, 3.05) is 52.2 Å². The van der Waals surface area contributed by atoms with Crippen LogP contribution in [0.1, 0.15) is 13.3 Å². The van der Waals surface area contributed by atoms with Crippen LogP contribution in [-0.2, 0) is 10.2 Å². The topological polar surface area (TPSA) is 82.2 Å². The third kappa shape index (κ3) is 4.83. The van der Waals surface area contributed by atoms with Gasteiger partial charge in [-0.15, -0.1) is 0 Å². The molecule has 0 spiro atoms. The molecule has 0 saturated carbocycles. The molecule has 25 heavy (non-hydrogen) atoms. The first-order valence-electron chi connectivity index (χ1n) is 8.31. The molecule has 0 unspecified atom stereocenters. The van der Waals surface area contributed by atoms with Gasteiger partial charge in [-0.1, -0.05) is 19.1 Å². The average molecular weight is 370 g/mol. The minimum Gasteiger partial charge on any atom is -0.491 e. The minimum atomic E-state index is -3.44. The van der Waals surface area contributed by atoms with E-state index in [4.69, 9.17) is 4.74 Å². The molecule has 1 aromatic rings. The van der Waals surface area contributed by atoms with Gasteiger partial charge >= 0.3 is 6.03 Å². The van der Waals surface area contributed by atoms with E-state index in [1.54, 1.807) is 11.0 Å². The smallest absolute Gasteiger partial charge is 0.322 e. The van der Waals surface area contributed by atoms with Crippen molar-refractivity contribution < 1.29 is 17.9 Å². The summed E-state index contributed by atoms with van der Waals surface area (Å²) in [5.74, 6) is 0.631. The molecule has 0 aliphatic carbocycles. The lowest BCUT2D eigenvalue weighted by atomic mass is 10.3. The second-order valence-corrected chi connectivity index (χ2v) is 8.09. The summed E-state index contributed by atoms with van der Waals surface area (Å²) in [4.78, 5) is 14.1. The van der Waals surface area contributed by atoms with E-state index in [-0.39, 0.29) is 19.1 Å². The van der Waals surface area contributed by atoms with Crippen LogP contribution >= 0.6 is 0 Å². The van der Waals surface area contributed by atoms with Crippen LogP contribution in [0.3, 0.4) is 0 Å². The largest absolute Gasteiger partial charge is 0.491 e. The number of hydrogen-bond acceptors (Lipinski definition) is 4. The molecule has 9 heteroatoms. The van der Waals surface area contributed by atoms with Gasteiger partial charge in [0.1, 0.15) is 5.75 Å². The molecule has 1 N–H and O–H groups in total. The van der Waals surface area contributed by atoms with E-state index in [1.165, 1.54) is 22.7 Å². The molecule has 140 valence electrons. The Labute approximate surface area is 149 Å². The van der Waals surface area contributed by atoms with Crippen molar-refractivity contribution in [1.29, 1.82) is 0 Å². The Hall–Kier alpha value is -1.84.